The van der Waals surface area contributed by atoms with Gasteiger partial charge in [-0.25, -0.2) is 4.79 Å². The number of carbonyl (C=O) groups is 3. The molecule has 5 rings (SSSR count). The summed E-state index contributed by atoms with van der Waals surface area (Å²) in [5.41, 5.74) is 2.83. The third-order valence-corrected chi connectivity index (χ3v) is 8.72. The van der Waals surface area contributed by atoms with Gasteiger partial charge in [0.2, 0.25) is 5.91 Å². The number of likely N-dealkylation sites (tertiary alicyclic amines) is 1. The summed E-state index contributed by atoms with van der Waals surface area (Å²) < 4.78 is 16.9. The quantitative estimate of drug-likeness (QED) is 0.263. The van der Waals surface area contributed by atoms with Crippen LogP contribution < -0.4 is 9.64 Å². The molecule has 3 aromatic rings. The maximum Gasteiger partial charge on any atom is 0.410 e. The van der Waals surface area contributed by atoms with Gasteiger partial charge in [-0.15, -0.1) is 11.8 Å². The number of nitriles is 1. The molecule has 3 aromatic carbocycles. The molecule has 0 saturated carbocycles. The summed E-state index contributed by atoms with van der Waals surface area (Å²) in [7, 11) is 0. The second-order valence-electron chi connectivity index (χ2n) is 12.3. The van der Waals surface area contributed by atoms with Crippen molar-refractivity contribution in [2.24, 2.45) is 0 Å². The highest BCUT2D eigenvalue weighted by Crippen LogP contribution is 2.43. The van der Waals surface area contributed by atoms with Crippen LogP contribution in [-0.2, 0) is 25.5 Å². The zero-order valence-corrected chi connectivity index (χ0v) is 27.0. The van der Waals surface area contributed by atoms with Crippen LogP contribution in [-0.4, -0.2) is 65.8 Å². The molecule has 2 heterocycles. The molecule has 0 N–H and O–H groups in total. The Labute approximate surface area is 268 Å². The van der Waals surface area contributed by atoms with Gasteiger partial charge in [0.05, 0.1) is 35.8 Å². The third-order valence-electron chi connectivity index (χ3n) is 7.83. The number of amides is 2. The van der Waals surface area contributed by atoms with Crippen molar-refractivity contribution in [2.75, 3.05) is 36.1 Å². The van der Waals surface area contributed by atoms with E-state index in [0.29, 0.717) is 44.5 Å². The molecule has 1 fully saturated rings. The minimum atomic E-state index is -0.534. The Bertz CT molecular complexity index is 1620. The van der Waals surface area contributed by atoms with Crippen molar-refractivity contribution < 1.29 is 28.6 Å². The van der Waals surface area contributed by atoms with Gasteiger partial charge in [0.25, 0.3) is 0 Å². The number of carbonyl (C=O) groups excluding carboxylic acids is 3. The Kier molecular flexibility index (Phi) is 9.88. The van der Waals surface area contributed by atoms with E-state index >= 15 is 0 Å². The summed E-state index contributed by atoms with van der Waals surface area (Å²) in [4.78, 5) is 41.6. The first-order chi connectivity index (χ1) is 21.5. The Morgan fingerprint density at radius 3 is 2.44 bits per heavy atom. The highest BCUT2D eigenvalue weighted by Gasteiger charge is 2.36. The largest absolute Gasteiger partial charge is 0.490 e. The minimum Gasteiger partial charge on any atom is -0.490 e. The Balaban J connectivity index is 1.33. The molecule has 9 nitrogen and oxygen atoms in total. The van der Waals surface area contributed by atoms with E-state index < -0.39 is 5.60 Å². The van der Waals surface area contributed by atoms with E-state index in [2.05, 4.69) is 12.1 Å². The van der Waals surface area contributed by atoms with E-state index in [1.807, 2.05) is 68.1 Å². The maximum absolute atomic E-state index is 13.7. The van der Waals surface area contributed by atoms with Gasteiger partial charge in [-0.2, -0.15) is 5.26 Å². The van der Waals surface area contributed by atoms with Gasteiger partial charge in [-0.1, -0.05) is 18.2 Å². The normalized spacial score (nSPS) is 16.6. The van der Waals surface area contributed by atoms with Crippen LogP contribution in [0.1, 0.15) is 63.3 Å². The fourth-order valence-electron chi connectivity index (χ4n) is 5.79. The first-order valence-corrected chi connectivity index (χ1v) is 16.5. The van der Waals surface area contributed by atoms with Crippen molar-refractivity contribution >= 4 is 46.2 Å². The molecule has 0 aromatic heterocycles. The molecule has 0 aliphatic carbocycles. The molecular weight excluding hydrogens is 590 g/mol. The Morgan fingerprint density at radius 1 is 0.978 bits per heavy atom. The minimum absolute atomic E-state index is 0.0363. The predicted octanol–water partition coefficient (Wildman–Crippen LogP) is 6.42. The first-order valence-electron chi connectivity index (χ1n) is 15.3. The lowest BCUT2D eigenvalue weighted by Crippen LogP contribution is -2.44. The molecule has 1 atom stereocenters. The summed E-state index contributed by atoms with van der Waals surface area (Å²) in [6.07, 6.45) is 1.66. The van der Waals surface area contributed by atoms with Crippen LogP contribution in [0, 0.1) is 11.3 Å². The van der Waals surface area contributed by atoms with Crippen LogP contribution in [0.3, 0.4) is 0 Å². The number of ether oxygens (including phenoxy) is 3. The van der Waals surface area contributed by atoms with Crippen LogP contribution in [0.5, 0.6) is 5.75 Å². The maximum atomic E-state index is 13.7. The number of esters is 1. The molecule has 2 aliphatic heterocycles. The average Bonchev–Trinajstić information content (AvgIpc) is 3.39. The number of piperidine rings is 1. The summed E-state index contributed by atoms with van der Waals surface area (Å²) in [5.74, 6) is 0.538. The van der Waals surface area contributed by atoms with Crippen molar-refractivity contribution in [3.8, 4) is 11.8 Å². The number of hydrogen-bond donors (Lipinski definition) is 0. The molecule has 0 bridgehead atoms. The molecule has 0 spiro atoms. The molecule has 45 heavy (non-hydrogen) atoms. The van der Waals surface area contributed by atoms with Gasteiger partial charge < -0.3 is 24.0 Å². The summed E-state index contributed by atoms with van der Waals surface area (Å²) in [6.45, 7) is 8.77. The molecule has 2 amide bonds. The molecule has 2 aliphatic rings. The Hall–Kier alpha value is -4.23. The monoisotopic (exact) mass is 629 g/mol. The van der Waals surface area contributed by atoms with Crippen molar-refractivity contribution in [3.05, 3.63) is 71.3 Å². The fourth-order valence-corrected chi connectivity index (χ4v) is 6.45. The molecule has 10 heteroatoms. The van der Waals surface area contributed by atoms with E-state index in [0.717, 1.165) is 33.3 Å². The topological polar surface area (TPSA) is 109 Å². The van der Waals surface area contributed by atoms with Crippen molar-refractivity contribution in [2.45, 2.75) is 64.7 Å². The van der Waals surface area contributed by atoms with Crippen LogP contribution in [0.25, 0.3) is 10.8 Å². The van der Waals surface area contributed by atoms with Gasteiger partial charge in [0.15, 0.2) is 0 Å². The van der Waals surface area contributed by atoms with Crippen LogP contribution in [0.4, 0.5) is 10.5 Å². The van der Waals surface area contributed by atoms with E-state index in [4.69, 9.17) is 14.2 Å². The van der Waals surface area contributed by atoms with E-state index in [1.54, 1.807) is 17.9 Å². The molecule has 1 saturated heterocycles. The van der Waals surface area contributed by atoms with Crippen LogP contribution in [0.2, 0.25) is 0 Å². The fraction of sp³-hybridized carbons (Fsp3) is 0.429. The van der Waals surface area contributed by atoms with Gasteiger partial charge >= 0.3 is 12.1 Å². The van der Waals surface area contributed by atoms with Gasteiger partial charge in [-0.05, 0) is 92.4 Å². The van der Waals surface area contributed by atoms with E-state index in [1.165, 1.54) is 11.8 Å². The lowest BCUT2D eigenvalue weighted by Gasteiger charge is -2.33. The molecule has 1 unspecified atom stereocenters. The van der Waals surface area contributed by atoms with Gasteiger partial charge in [0.1, 0.15) is 17.5 Å². The first kappa shape index (κ1) is 32.2. The summed E-state index contributed by atoms with van der Waals surface area (Å²) >= 11 is 1.24. The highest BCUT2D eigenvalue weighted by atomic mass is 32.2. The highest BCUT2D eigenvalue weighted by molar-refractivity contribution is 8.00. The average molecular weight is 630 g/mol. The number of fused-ring (bicyclic) bond motifs is 2. The predicted molar refractivity (Wildman–Crippen MR) is 174 cm³/mol. The summed E-state index contributed by atoms with van der Waals surface area (Å²) in [6, 6.07) is 19.5. The lowest BCUT2D eigenvalue weighted by molar-refractivity contribution is -0.139. The van der Waals surface area contributed by atoms with Gasteiger partial charge in [-0.3, -0.25) is 9.59 Å². The molecule has 0 radical (unpaired) electrons. The smallest absolute Gasteiger partial charge is 0.410 e. The van der Waals surface area contributed by atoms with Crippen molar-refractivity contribution in [1.29, 1.82) is 5.26 Å². The number of thioether (sulfide) groups is 1. The van der Waals surface area contributed by atoms with Crippen molar-refractivity contribution in [1.82, 2.24) is 4.90 Å². The SMILES string of the molecule is CCOC(=O)CSCC(=O)N1c2ccc(OC3CCN(C(=O)OC(C)(C)C)CC3)cc2CC1c1ccc2ccc(C#N)cc2c1. The van der Waals surface area contributed by atoms with E-state index in [9.17, 15) is 19.6 Å². The standard InChI is InChI=1S/C35H39N3O6S/c1-5-42-33(40)22-45-21-32(39)38-30-11-10-29(43-28-12-14-37(15-13-28)34(41)44-35(2,3)4)18-27(30)19-31(38)25-9-8-24-7-6-23(20-36)16-26(24)17-25/h6-11,16-18,28,31H,5,12-15,19,21-22H2,1-4H3. The molecule has 236 valence electrons. The number of rotatable bonds is 8. The Morgan fingerprint density at radius 2 is 1.73 bits per heavy atom. The second kappa shape index (κ2) is 13.8. The zero-order valence-electron chi connectivity index (χ0n) is 26.2. The molecular formula is C35H39N3O6S. The lowest BCUT2D eigenvalue weighted by atomic mass is 9.98. The van der Waals surface area contributed by atoms with Gasteiger partial charge in [0, 0.05) is 31.6 Å². The number of benzene rings is 3. The number of hydrogen-bond acceptors (Lipinski definition) is 8. The summed E-state index contributed by atoms with van der Waals surface area (Å²) in [5, 5.41) is 11.4. The van der Waals surface area contributed by atoms with Crippen LogP contribution >= 0.6 is 11.8 Å². The van der Waals surface area contributed by atoms with Crippen molar-refractivity contribution in [3.63, 3.8) is 0 Å². The van der Waals surface area contributed by atoms with E-state index in [-0.39, 0.29) is 41.6 Å². The number of nitrogens with zero attached hydrogens (tertiary/aromatic N) is 3. The van der Waals surface area contributed by atoms with Crippen LogP contribution in [0.15, 0.2) is 54.6 Å². The third kappa shape index (κ3) is 7.90. The number of anilines is 1. The zero-order chi connectivity index (χ0) is 32.1. The second-order valence-corrected chi connectivity index (χ2v) is 13.3.